The number of ketones is 1. The summed E-state index contributed by atoms with van der Waals surface area (Å²) in [5, 5.41) is 2.72. The van der Waals surface area contributed by atoms with E-state index in [1.807, 2.05) is 38.1 Å². The summed E-state index contributed by atoms with van der Waals surface area (Å²) in [6.07, 6.45) is 0.0629. The molecule has 1 saturated heterocycles. The van der Waals surface area contributed by atoms with E-state index >= 15 is 0 Å². The number of ether oxygens (including phenoxy) is 2. The van der Waals surface area contributed by atoms with Crippen LogP contribution in [0.5, 0.6) is 0 Å². The Morgan fingerprint density at radius 1 is 1.29 bits per heavy atom. The molecule has 1 amide bonds. The van der Waals surface area contributed by atoms with Crippen LogP contribution >= 0.6 is 0 Å². The maximum absolute atomic E-state index is 13.0. The lowest BCUT2D eigenvalue weighted by Crippen LogP contribution is -2.56. The highest BCUT2D eigenvalue weighted by Crippen LogP contribution is 2.41. The molecule has 152 valence electrons. The number of hydrogen-bond acceptors (Lipinski definition) is 5. The number of aryl methyl sites for hydroxylation is 1. The maximum Gasteiger partial charge on any atom is 0.322 e. The smallest absolute Gasteiger partial charge is 0.322 e. The van der Waals surface area contributed by atoms with Crippen molar-refractivity contribution in [2.45, 2.75) is 52.7 Å². The van der Waals surface area contributed by atoms with Crippen molar-refractivity contribution >= 4 is 23.3 Å². The Morgan fingerprint density at radius 3 is 2.39 bits per heavy atom. The van der Waals surface area contributed by atoms with Gasteiger partial charge in [-0.25, -0.2) is 0 Å². The van der Waals surface area contributed by atoms with E-state index in [4.69, 9.17) is 9.47 Å². The van der Waals surface area contributed by atoms with Gasteiger partial charge < -0.3 is 14.8 Å². The molecular weight excluding hydrogens is 358 g/mol. The average Bonchev–Trinajstić information content (AvgIpc) is 2.65. The van der Waals surface area contributed by atoms with Gasteiger partial charge in [0.25, 0.3) is 0 Å². The molecule has 3 atom stereocenters. The third-order valence-electron chi connectivity index (χ3n) is 5.25. The van der Waals surface area contributed by atoms with Crippen molar-refractivity contribution in [3.8, 4) is 0 Å². The van der Waals surface area contributed by atoms with Crippen molar-refractivity contribution < 1.29 is 23.9 Å². The number of carbonyl (C=O) groups is 3. The zero-order chi connectivity index (χ0) is 21.1. The highest BCUT2D eigenvalue weighted by atomic mass is 16.5. The number of rotatable bonds is 6. The lowest BCUT2D eigenvalue weighted by Gasteiger charge is -2.43. The van der Waals surface area contributed by atoms with Gasteiger partial charge >= 0.3 is 5.97 Å². The fourth-order valence-corrected chi connectivity index (χ4v) is 3.61. The molecule has 0 saturated carbocycles. The van der Waals surface area contributed by atoms with Crippen molar-refractivity contribution in [1.29, 1.82) is 0 Å². The molecular formula is C22H29NO5. The number of esters is 1. The van der Waals surface area contributed by atoms with Gasteiger partial charge in [-0.05, 0) is 43.4 Å². The van der Waals surface area contributed by atoms with Crippen molar-refractivity contribution in [3.63, 3.8) is 0 Å². The Labute approximate surface area is 166 Å². The first kappa shape index (κ1) is 21.8. The molecule has 28 heavy (non-hydrogen) atoms. The van der Waals surface area contributed by atoms with Crippen LogP contribution in [0.25, 0.3) is 0 Å². The third-order valence-corrected chi connectivity index (χ3v) is 5.25. The number of carbonyl (C=O) groups excluding carboxylic acids is 3. The molecule has 1 aromatic rings. The molecule has 1 aromatic carbocycles. The van der Waals surface area contributed by atoms with Gasteiger partial charge in [0.2, 0.25) is 5.91 Å². The lowest BCUT2D eigenvalue weighted by molar-refractivity contribution is -0.178. The van der Waals surface area contributed by atoms with E-state index in [1.54, 1.807) is 6.92 Å². The van der Waals surface area contributed by atoms with E-state index in [2.05, 4.69) is 11.9 Å². The van der Waals surface area contributed by atoms with Crippen molar-refractivity contribution in [2.24, 2.45) is 11.3 Å². The minimum Gasteiger partial charge on any atom is -0.468 e. The Kier molecular flexibility index (Phi) is 6.77. The second-order valence-corrected chi connectivity index (χ2v) is 7.75. The van der Waals surface area contributed by atoms with E-state index in [0.29, 0.717) is 18.4 Å². The summed E-state index contributed by atoms with van der Waals surface area (Å²) in [5.74, 6) is -0.976. The summed E-state index contributed by atoms with van der Waals surface area (Å²) in [6, 6.07) is 7.46. The van der Waals surface area contributed by atoms with Crippen LogP contribution in [0.15, 0.2) is 36.4 Å². The number of hydrogen-bond donors (Lipinski definition) is 1. The molecule has 1 aliphatic heterocycles. The van der Waals surface area contributed by atoms with Gasteiger partial charge in [-0.2, -0.15) is 0 Å². The molecule has 6 nitrogen and oxygen atoms in total. The normalized spacial score (nSPS) is 24.9. The molecule has 6 heteroatoms. The number of anilines is 1. The molecule has 1 N–H and O–H groups in total. The highest BCUT2D eigenvalue weighted by Gasteiger charge is 2.55. The quantitative estimate of drug-likeness (QED) is 0.460. The minimum absolute atomic E-state index is 0.0677. The largest absolute Gasteiger partial charge is 0.468 e. The van der Waals surface area contributed by atoms with Crippen LogP contribution in [0.2, 0.25) is 0 Å². The van der Waals surface area contributed by atoms with Crippen LogP contribution < -0.4 is 5.32 Å². The van der Waals surface area contributed by atoms with Crippen molar-refractivity contribution in [3.05, 3.63) is 42.0 Å². The standard InChI is InChI=1S/C22H29NO5/c1-13(2)19-14(3)20(25)22(5,21(26)27-6)18(28-19)12-9-16-7-10-17(11-8-16)23-15(4)24/h7-8,10-11,13,18-19H,3,9,12H2,1-2,4-6H3,(H,23,24)/t18-,19+,22-/m1/s1. The zero-order valence-electron chi connectivity index (χ0n) is 17.2. The Bertz CT molecular complexity index is 768. The van der Waals surface area contributed by atoms with Crippen LogP contribution in [0.4, 0.5) is 5.69 Å². The first-order chi connectivity index (χ1) is 13.1. The van der Waals surface area contributed by atoms with Gasteiger partial charge in [0.05, 0.1) is 19.3 Å². The van der Waals surface area contributed by atoms with Crippen LogP contribution in [-0.4, -0.2) is 37.0 Å². The topological polar surface area (TPSA) is 81.7 Å². The highest BCUT2D eigenvalue weighted by molar-refractivity contribution is 6.13. The molecule has 1 fully saturated rings. The molecule has 1 heterocycles. The molecule has 0 radical (unpaired) electrons. The Morgan fingerprint density at radius 2 is 1.89 bits per heavy atom. The van der Waals surface area contributed by atoms with Crippen molar-refractivity contribution in [2.75, 3.05) is 12.4 Å². The number of amides is 1. The zero-order valence-corrected chi connectivity index (χ0v) is 17.2. The van der Waals surface area contributed by atoms with E-state index in [1.165, 1.54) is 14.0 Å². The second-order valence-electron chi connectivity index (χ2n) is 7.75. The molecule has 0 unspecified atom stereocenters. The van der Waals surface area contributed by atoms with E-state index in [-0.39, 0.29) is 17.6 Å². The summed E-state index contributed by atoms with van der Waals surface area (Å²) in [6.45, 7) is 10.8. The van der Waals surface area contributed by atoms with Gasteiger partial charge in [0, 0.05) is 18.2 Å². The van der Waals surface area contributed by atoms with E-state index in [0.717, 1.165) is 11.3 Å². The first-order valence-electron chi connectivity index (χ1n) is 9.45. The summed E-state index contributed by atoms with van der Waals surface area (Å²) in [5.41, 5.74) is 0.644. The molecule has 0 spiro atoms. The SMILES string of the molecule is C=C1C(=O)[C@](C)(C(=O)OC)[C@@H](CCc2ccc(NC(C)=O)cc2)O[C@H]1C(C)C. The van der Waals surface area contributed by atoms with Gasteiger partial charge in [-0.3, -0.25) is 14.4 Å². The molecule has 0 bridgehead atoms. The van der Waals surface area contributed by atoms with Crippen molar-refractivity contribution in [1.82, 2.24) is 0 Å². The predicted molar refractivity (Wildman–Crippen MR) is 107 cm³/mol. The fraction of sp³-hybridized carbons (Fsp3) is 0.500. The van der Waals surface area contributed by atoms with E-state index in [9.17, 15) is 14.4 Å². The molecule has 0 aromatic heterocycles. The number of nitrogens with one attached hydrogen (secondary N) is 1. The van der Waals surface area contributed by atoms with Gasteiger partial charge in [0.15, 0.2) is 11.2 Å². The fourth-order valence-electron chi connectivity index (χ4n) is 3.61. The maximum atomic E-state index is 13.0. The van der Waals surface area contributed by atoms with Crippen LogP contribution in [0, 0.1) is 11.3 Å². The monoisotopic (exact) mass is 387 g/mol. The molecule has 1 aliphatic rings. The Balaban J connectivity index is 2.21. The first-order valence-corrected chi connectivity index (χ1v) is 9.45. The van der Waals surface area contributed by atoms with Gasteiger partial charge in [0.1, 0.15) is 0 Å². The third kappa shape index (κ3) is 4.33. The molecule has 0 aliphatic carbocycles. The minimum atomic E-state index is -1.41. The molecule has 2 rings (SSSR count). The Hall–Kier alpha value is -2.47. The summed E-state index contributed by atoms with van der Waals surface area (Å²) < 4.78 is 11.1. The average molecular weight is 387 g/mol. The van der Waals surface area contributed by atoms with Gasteiger partial charge in [-0.1, -0.05) is 32.6 Å². The number of Topliss-reactive ketones (excluding diaryl/α,β-unsaturated/α-hetero) is 1. The van der Waals surface area contributed by atoms with E-state index < -0.39 is 23.6 Å². The van der Waals surface area contributed by atoms with Crippen LogP contribution in [-0.2, 0) is 30.3 Å². The van der Waals surface area contributed by atoms with Crippen LogP contribution in [0.1, 0.15) is 39.7 Å². The predicted octanol–water partition coefficient (Wildman–Crippen LogP) is 3.31. The second kappa shape index (κ2) is 8.69. The summed E-state index contributed by atoms with van der Waals surface area (Å²) >= 11 is 0. The summed E-state index contributed by atoms with van der Waals surface area (Å²) in [4.78, 5) is 36.6. The van der Waals surface area contributed by atoms with Crippen LogP contribution in [0.3, 0.4) is 0 Å². The number of methoxy groups -OCH3 is 1. The lowest BCUT2D eigenvalue weighted by atomic mass is 9.71. The van der Waals surface area contributed by atoms with Gasteiger partial charge in [-0.15, -0.1) is 0 Å². The number of benzene rings is 1. The summed E-state index contributed by atoms with van der Waals surface area (Å²) in [7, 11) is 1.27.